The zero-order chi connectivity index (χ0) is 12.1. The predicted molar refractivity (Wildman–Crippen MR) is 63.3 cm³/mol. The monoisotopic (exact) mass is 242 g/mol. The molecule has 1 heterocycles. The van der Waals surface area contributed by atoms with Crippen LogP contribution in [0.4, 0.5) is 11.6 Å². The molecule has 0 saturated heterocycles. The largest absolute Gasteiger partial charge is 0.368 e. The molecular weight excluding hydrogens is 228 g/mol. The number of nitrogens with zero attached hydrogens (tertiary/aromatic N) is 3. The van der Waals surface area contributed by atoms with Gasteiger partial charge in [-0.25, -0.2) is 4.98 Å². The molecule has 1 unspecified atom stereocenters. The van der Waals surface area contributed by atoms with Crippen molar-refractivity contribution in [2.24, 2.45) is 5.92 Å². The Kier molecular flexibility index (Phi) is 4.48. The van der Waals surface area contributed by atoms with Gasteiger partial charge in [0.2, 0.25) is 5.95 Å². The summed E-state index contributed by atoms with van der Waals surface area (Å²) >= 11 is 1.35. The van der Waals surface area contributed by atoms with Crippen molar-refractivity contribution in [3.8, 4) is 0 Å². The summed E-state index contributed by atoms with van der Waals surface area (Å²) in [6, 6.07) is 0. The van der Waals surface area contributed by atoms with Gasteiger partial charge in [-0.2, -0.15) is 4.98 Å². The van der Waals surface area contributed by atoms with E-state index in [1.165, 1.54) is 11.8 Å². The first-order valence-corrected chi connectivity index (χ1v) is 5.92. The summed E-state index contributed by atoms with van der Waals surface area (Å²) in [5.74, 6) is 1.34. The van der Waals surface area contributed by atoms with E-state index in [-0.39, 0.29) is 11.6 Å². The maximum absolute atomic E-state index is 10.7. The zero-order valence-electron chi connectivity index (χ0n) is 9.21. The highest BCUT2D eigenvalue weighted by atomic mass is 32.2. The van der Waals surface area contributed by atoms with E-state index in [0.29, 0.717) is 10.9 Å². The maximum Gasteiger partial charge on any atom is 0.319 e. The summed E-state index contributed by atoms with van der Waals surface area (Å²) in [7, 11) is 0. The van der Waals surface area contributed by atoms with E-state index in [2.05, 4.69) is 23.8 Å². The summed E-state index contributed by atoms with van der Waals surface area (Å²) in [5, 5.41) is 11.1. The highest BCUT2D eigenvalue weighted by Gasteiger charge is 2.17. The second-order valence-electron chi connectivity index (χ2n) is 3.50. The first kappa shape index (κ1) is 12.7. The quantitative estimate of drug-likeness (QED) is 0.367. The Balaban J connectivity index is 2.84. The molecule has 0 radical (unpaired) electrons. The molecule has 0 aliphatic carbocycles. The van der Waals surface area contributed by atoms with Crippen LogP contribution in [-0.4, -0.2) is 20.6 Å². The minimum absolute atomic E-state index is 0.0669. The molecule has 1 aromatic rings. The maximum atomic E-state index is 10.7. The third-order valence-corrected chi connectivity index (χ3v) is 3.46. The second-order valence-corrected chi connectivity index (χ2v) is 4.51. The average molecular weight is 242 g/mol. The SMILES string of the molecule is CCC(C)CSc1nc(N)ncc1[N+](=O)[O-]. The molecule has 0 aliphatic rings. The van der Waals surface area contributed by atoms with Crippen molar-refractivity contribution in [1.82, 2.24) is 9.97 Å². The summed E-state index contributed by atoms with van der Waals surface area (Å²) in [4.78, 5) is 17.7. The smallest absolute Gasteiger partial charge is 0.319 e. The van der Waals surface area contributed by atoms with Gasteiger partial charge in [-0.1, -0.05) is 32.0 Å². The van der Waals surface area contributed by atoms with Crippen molar-refractivity contribution in [3.63, 3.8) is 0 Å². The fraction of sp³-hybridized carbons (Fsp3) is 0.556. The van der Waals surface area contributed by atoms with E-state index >= 15 is 0 Å². The molecule has 0 spiro atoms. The van der Waals surface area contributed by atoms with E-state index in [4.69, 9.17) is 5.73 Å². The van der Waals surface area contributed by atoms with Crippen LogP contribution < -0.4 is 5.73 Å². The van der Waals surface area contributed by atoms with Crippen LogP contribution in [0, 0.1) is 16.0 Å². The van der Waals surface area contributed by atoms with Gasteiger partial charge in [-0.05, 0) is 5.92 Å². The van der Waals surface area contributed by atoms with Gasteiger partial charge in [-0.3, -0.25) is 10.1 Å². The van der Waals surface area contributed by atoms with Crippen LogP contribution in [0.1, 0.15) is 20.3 Å². The molecule has 0 aliphatic heterocycles. The van der Waals surface area contributed by atoms with E-state index in [1.807, 2.05) is 0 Å². The van der Waals surface area contributed by atoms with Crippen LogP contribution in [0.25, 0.3) is 0 Å². The average Bonchev–Trinajstić information content (AvgIpc) is 2.25. The third kappa shape index (κ3) is 3.34. The van der Waals surface area contributed by atoms with Crippen molar-refractivity contribution in [2.45, 2.75) is 25.3 Å². The minimum atomic E-state index is -0.488. The van der Waals surface area contributed by atoms with Crippen LogP contribution in [0.3, 0.4) is 0 Å². The first-order valence-electron chi connectivity index (χ1n) is 4.94. The van der Waals surface area contributed by atoms with E-state index in [0.717, 1.165) is 18.4 Å². The standard InChI is InChI=1S/C9H14N4O2S/c1-3-6(2)5-16-8-7(13(14)15)4-11-9(10)12-8/h4,6H,3,5H2,1-2H3,(H2,10,11,12). The highest BCUT2D eigenvalue weighted by Crippen LogP contribution is 2.28. The number of thioether (sulfide) groups is 1. The van der Waals surface area contributed by atoms with Gasteiger partial charge < -0.3 is 5.73 Å². The molecule has 0 fully saturated rings. The number of hydrogen-bond donors (Lipinski definition) is 1. The van der Waals surface area contributed by atoms with Crippen molar-refractivity contribution in [2.75, 3.05) is 11.5 Å². The fourth-order valence-electron chi connectivity index (χ4n) is 0.943. The van der Waals surface area contributed by atoms with E-state index in [1.54, 1.807) is 0 Å². The molecule has 16 heavy (non-hydrogen) atoms. The van der Waals surface area contributed by atoms with Crippen LogP contribution >= 0.6 is 11.8 Å². The number of nitro groups is 1. The Hall–Kier alpha value is -1.37. The van der Waals surface area contributed by atoms with E-state index in [9.17, 15) is 10.1 Å². The van der Waals surface area contributed by atoms with Gasteiger partial charge in [0, 0.05) is 5.75 Å². The molecule has 0 aromatic carbocycles. The molecule has 2 N–H and O–H groups in total. The van der Waals surface area contributed by atoms with Gasteiger partial charge in [0.05, 0.1) is 4.92 Å². The number of nitrogen functional groups attached to an aromatic ring is 1. The summed E-state index contributed by atoms with van der Waals surface area (Å²) in [5.41, 5.74) is 5.33. The van der Waals surface area contributed by atoms with Gasteiger partial charge in [0.1, 0.15) is 6.20 Å². The predicted octanol–water partition coefficient (Wildman–Crippen LogP) is 2.11. The fourth-order valence-corrected chi connectivity index (χ4v) is 2.05. The molecule has 7 heteroatoms. The lowest BCUT2D eigenvalue weighted by molar-refractivity contribution is -0.388. The van der Waals surface area contributed by atoms with Crippen molar-refractivity contribution in [3.05, 3.63) is 16.3 Å². The normalized spacial score (nSPS) is 12.4. The molecule has 6 nitrogen and oxygen atoms in total. The lowest BCUT2D eigenvalue weighted by atomic mass is 10.2. The first-order chi connectivity index (χ1) is 7.54. The Bertz CT molecular complexity index is 386. The van der Waals surface area contributed by atoms with Crippen molar-refractivity contribution < 1.29 is 4.92 Å². The summed E-state index contributed by atoms with van der Waals surface area (Å²) in [6.07, 6.45) is 2.18. The number of aromatic nitrogens is 2. The lowest BCUT2D eigenvalue weighted by Gasteiger charge is -2.07. The third-order valence-electron chi connectivity index (χ3n) is 2.15. The Morgan fingerprint density at radius 1 is 1.69 bits per heavy atom. The number of nitrogens with two attached hydrogens (primary N) is 1. The molecule has 0 amide bonds. The molecule has 0 saturated carbocycles. The van der Waals surface area contributed by atoms with Gasteiger partial charge >= 0.3 is 5.69 Å². The Labute approximate surface area is 97.8 Å². The van der Waals surface area contributed by atoms with Crippen LogP contribution in [0.2, 0.25) is 0 Å². The van der Waals surface area contributed by atoms with Gasteiger partial charge in [-0.15, -0.1) is 0 Å². The van der Waals surface area contributed by atoms with Crippen LogP contribution in [0.15, 0.2) is 11.2 Å². The van der Waals surface area contributed by atoms with Crippen molar-refractivity contribution in [1.29, 1.82) is 0 Å². The molecule has 1 aromatic heterocycles. The summed E-state index contributed by atoms with van der Waals surface area (Å²) in [6.45, 7) is 4.16. The topological polar surface area (TPSA) is 94.9 Å². The van der Waals surface area contributed by atoms with Gasteiger partial charge in [0.25, 0.3) is 0 Å². The Morgan fingerprint density at radius 3 is 2.94 bits per heavy atom. The number of hydrogen-bond acceptors (Lipinski definition) is 6. The number of anilines is 1. The van der Waals surface area contributed by atoms with Crippen molar-refractivity contribution >= 4 is 23.4 Å². The molecule has 1 atom stereocenters. The van der Waals surface area contributed by atoms with Gasteiger partial charge in [0.15, 0.2) is 5.03 Å². The van der Waals surface area contributed by atoms with Crippen LogP contribution in [-0.2, 0) is 0 Å². The number of rotatable bonds is 5. The highest BCUT2D eigenvalue weighted by molar-refractivity contribution is 7.99. The summed E-state index contributed by atoms with van der Waals surface area (Å²) < 4.78 is 0. The molecular formula is C9H14N4O2S. The minimum Gasteiger partial charge on any atom is -0.368 e. The molecule has 0 bridgehead atoms. The van der Waals surface area contributed by atoms with E-state index < -0.39 is 4.92 Å². The molecule has 88 valence electrons. The zero-order valence-corrected chi connectivity index (χ0v) is 10.0. The lowest BCUT2D eigenvalue weighted by Crippen LogP contribution is -2.02. The molecule has 1 rings (SSSR count). The Morgan fingerprint density at radius 2 is 2.38 bits per heavy atom. The second kappa shape index (κ2) is 5.64. The van der Waals surface area contributed by atoms with Crippen LogP contribution in [0.5, 0.6) is 0 Å².